The van der Waals surface area contributed by atoms with Gasteiger partial charge in [0.2, 0.25) is 0 Å². The van der Waals surface area contributed by atoms with Gasteiger partial charge in [-0.15, -0.1) is 0 Å². The van der Waals surface area contributed by atoms with Crippen LogP contribution in [0.4, 0.5) is 4.39 Å². The van der Waals surface area contributed by atoms with E-state index >= 15 is 0 Å². The molecule has 6 nitrogen and oxygen atoms in total. The van der Waals surface area contributed by atoms with Crippen LogP contribution in [-0.2, 0) is 6.54 Å². The van der Waals surface area contributed by atoms with Crippen LogP contribution in [0, 0.1) is 12.7 Å². The van der Waals surface area contributed by atoms with Crippen molar-refractivity contribution < 1.29 is 13.6 Å². The van der Waals surface area contributed by atoms with Gasteiger partial charge >= 0.3 is 0 Å². The SMILES string of the molecule is Cc1oc2ccn(Cc3ccc(F)cc3)c(=O)c2c1C(=O)N1CCN(C(C)C)CC1. The van der Waals surface area contributed by atoms with Gasteiger partial charge in [-0.3, -0.25) is 14.5 Å². The van der Waals surface area contributed by atoms with Crippen molar-refractivity contribution in [2.45, 2.75) is 33.4 Å². The number of nitrogens with zero attached hydrogens (tertiary/aromatic N) is 3. The Labute approximate surface area is 174 Å². The highest BCUT2D eigenvalue weighted by Crippen LogP contribution is 2.25. The molecule has 1 fully saturated rings. The molecule has 0 aliphatic carbocycles. The van der Waals surface area contributed by atoms with E-state index in [-0.39, 0.29) is 17.3 Å². The number of rotatable bonds is 4. The maximum absolute atomic E-state index is 13.3. The van der Waals surface area contributed by atoms with E-state index in [0.717, 1.165) is 18.7 Å². The first-order valence-corrected chi connectivity index (χ1v) is 10.3. The Hall–Kier alpha value is -2.93. The minimum absolute atomic E-state index is 0.161. The van der Waals surface area contributed by atoms with Crippen LogP contribution in [0.2, 0.25) is 0 Å². The molecule has 2 aromatic heterocycles. The van der Waals surface area contributed by atoms with Crippen molar-refractivity contribution in [1.82, 2.24) is 14.4 Å². The van der Waals surface area contributed by atoms with Crippen molar-refractivity contribution in [3.63, 3.8) is 0 Å². The largest absolute Gasteiger partial charge is 0.460 e. The lowest BCUT2D eigenvalue weighted by Gasteiger charge is -2.36. The molecule has 0 saturated carbocycles. The summed E-state index contributed by atoms with van der Waals surface area (Å²) in [6.07, 6.45) is 1.65. The van der Waals surface area contributed by atoms with E-state index in [4.69, 9.17) is 4.42 Å². The molecule has 0 spiro atoms. The van der Waals surface area contributed by atoms with Crippen LogP contribution < -0.4 is 5.56 Å². The molecule has 1 aromatic carbocycles. The Morgan fingerprint density at radius 1 is 1.10 bits per heavy atom. The second-order valence-corrected chi connectivity index (χ2v) is 8.07. The molecule has 0 unspecified atom stereocenters. The van der Waals surface area contributed by atoms with Gasteiger partial charge in [0.25, 0.3) is 11.5 Å². The lowest BCUT2D eigenvalue weighted by atomic mass is 10.1. The number of aryl methyl sites for hydroxylation is 1. The fraction of sp³-hybridized carbons (Fsp3) is 0.391. The third kappa shape index (κ3) is 3.77. The number of piperazine rings is 1. The van der Waals surface area contributed by atoms with Crippen LogP contribution in [0.5, 0.6) is 0 Å². The summed E-state index contributed by atoms with van der Waals surface area (Å²) < 4.78 is 20.5. The number of aromatic nitrogens is 1. The molecule has 0 N–H and O–H groups in total. The molecule has 1 amide bonds. The molecule has 3 heterocycles. The zero-order valence-electron chi connectivity index (χ0n) is 17.5. The summed E-state index contributed by atoms with van der Waals surface area (Å²) in [5.74, 6) is -0.0262. The lowest BCUT2D eigenvalue weighted by molar-refractivity contribution is 0.0595. The lowest BCUT2D eigenvalue weighted by Crippen LogP contribution is -2.50. The predicted octanol–water partition coefficient (Wildman–Crippen LogP) is 3.26. The van der Waals surface area contributed by atoms with Gasteiger partial charge in [0.15, 0.2) is 0 Å². The van der Waals surface area contributed by atoms with E-state index in [0.29, 0.717) is 48.0 Å². The van der Waals surface area contributed by atoms with Crippen LogP contribution in [0.3, 0.4) is 0 Å². The molecular weight excluding hydrogens is 385 g/mol. The van der Waals surface area contributed by atoms with Crippen molar-refractivity contribution in [1.29, 1.82) is 0 Å². The Kier molecular flexibility index (Phi) is 5.47. The number of carbonyl (C=O) groups is 1. The second-order valence-electron chi connectivity index (χ2n) is 8.07. The molecule has 30 heavy (non-hydrogen) atoms. The predicted molar refractivity (Wildman–Crippen MR) is 113 cm³/mol. The number of hydrogen-bond donors (Lipinski definition) is 0. The maximum atomic E-state index is 13.3. The Morgan fingerprint density at radius 2 is 1.77 bits per heavy atom. The van der Waals surface area contributed by atoms with Crippen molar-refractivity contribution in [2.75, 3.05) is 26.2 Å². The topological polar surface area (TPSA) is 58.7 Å². The minimum atomic E-state index is -0.322. The number of halogens is 1. The van der Waals surface area contributed by atoms with Crippen molar-refractivity contribution >= 4 is 16.9 Å². The van der Waals surface area contributed by atoms with Gasteiger partial charge in [0.05, 0.1) is 17.5 Å². The molecule has 158 valence electrons. The van der Waals surface area contributed by atoms with Gasteiger partial charge in [-0.2, -0.15) is 0 Å². The monoisotopic (exact) mass is 411 g/mol. The van der Waals surface area contributed by atoms with Crippen LogP contribution in [-0.4, -0.2) is 52.5 Å². The first kappa shape index (κ1) is 20.3. The second kappa shape index (κ2) is 8.07. The summed E-state index contributed by atoms with van der Waals surface area (Å²) in [7, 11) is 0. The van der Waals surface area contributed by atoms with Gasteiger partial charge in [-0.1, -0.05) is 12.1 Å². The minimum Gasteiger partial charge on any atom is -0.460 e. The summed E-state index contributed by atoms with van der Waals surface area (Å²) in [6.45, 7) is 9.18. The van der Waals surface area contributed by atoms with E-state index in [1.807, 2.05) is 0 Å². The highest BCUT2D eigenvalue weighted by Gasteiger charge is 2.29. The Balaban J connectivity index is 1.66. The fourth-order valence-electron chi connectivity index (χ4n) is 4.03. The number of furan rings is 1. The molecule has 7 heteroatoms. The van der Waals surface area contributed by atoms with Crippen molar-refractivity contribution in [3.05, 3.63) is 69.6 Å². The molecule has 4 rings (SSSR count). The number of fused-ring (bicyclic) bond motifs is 1. The van der Waals surface area contributed by atoms with Gasteiger partial charge in [-0.25, -0.2) is 4.39 Å². The fourth-order valence-corrected chi connectivity index (χ4v) is 4.03. The number of pyridine rings is 1. The van der Waals surface area contributed by atoms with Crippen LogP contribution in [0.25, 0.3) is 11.0 Å². The molecule has 0 radical (unpaired) electrons. The standard InChI is InChI=1S/C23H26FN3O3/c1-15(2)25-10-12-26(13-11-25)22(28)20-16(3)30-19-8-9-27(23(29)21(19)20)14-17-4-6-18(24)7-5-17/h4-9,15H,10-14H2,1-3H3. The number of benzene rings is 1. The molecule has 1 aliphatic heterocycles. The highest BCUT2D eigenvalue weighted by atomic mass is 19.1. The summed E-state index contributed by atoms with van der Waals surface area (Å²) in [6, 6.07) is 8.18. The maximum Gasteiger partial charge on any atom is 0.262 e. The summed E-state index contributed by atoms with van der Waals surface area (Å²) in [5.41, 5.74) is 1.28. The third-order valence-electron chi connectivity index (χ3n) is 5.80. The van der Waals surface area contributed by atoms with Crippen molar-refractivity contribution in [2.24, 2.45) is 0 Å². The first-order valence-electron chi connectivity index (χ1n) is 10.3. The average Bonchev–Trinajstić information content (AvgIpc) is 3.08. The molecule has 1 saturated heterocycles. The Bertz CT molecular complexity index is 1120. The van der Waals surface area contributed by atoms with Gasteiger partial charge < -0.3 is 13.9 Å². The summed E-state index contributed by atoms with van der Waals surface area (Å²) in [4.78, 5) is 30.6. The zero-order valence-corrected chi connectivity index (χ0v) is 17.5. The first-order chi connectivity index (χ1) is 14.3. The van der Waals surface area contributed by atoms with E-state index < -0.39 is 0 Å². The summed E-state index contributed by atoms with van der Waals surface area (Å²) in [5, 5.41) is 0.313. The van der Waals surface area contributed by atoms with Gasteiger partial charge in [0.1, 0.15) is 17.2 Å². The third-order valence-corrected chi connectivity index (χ3v) is 5.80. The molecule has 0 atom stereocenters. The molecule has 1 aliphatic rings. The van der Waals surface area contributed by atoms with Gasteiger partial charge in [0, 0.05) is 38.4 Å². The normalized spacial score (nSPS) is 15.3. The quantitative estimate of drug-likeness (QED) is 0.661. The molecule has 3 aromatic rings. The number of hydrogen-bond acceptors (Lipinski definition) is 4. The van der Waals surface area contributed by atoms with E-state index in [9.17, 15) is 14.0 Å². The molecule has 0 bridgehead atoms. The average molecular weight is 411 g/mol. The van der Waals surface area contributed by atoms with Crippen LogP contribution in [0.15, 0.2) is 45.7 Å². The summed E-state index contributed by atoms with van der Waals surface area (Å²) >= 11 is 0. The highest BCUT2D eigenvalue weighted by molar-refractivity contribution is 6.06. The van der Waals surface area contributed by atoms with Crippen LogP contribution >= 0.6 is 0 Å². The van der Waals surface area contributed by atoms with E-state index in [2.05, 4.69) is 18.7 Å². The van der Waals surface area contributed by atoms with Crippen LogP contribution in [0.1, 0.15) is 35.5 Å². The molecular formula is C23H26FN3O3. The van der Waals surface area contributed by atoms with E-state index in [1.165, 1.54) is 16.7 Å². The Morgan fingerprint density at radius 3 is 2.40 bits per heavy atom. The van der Waals surface area contributed by atoms with Crippen molar-refractivity contribution in [3.8, 4) is 0 Å². The van der Waals surface area contributed by atoms with Gasteiger partial charge in [-0.05, 0) is 44.5 Å². The number of carbonyl (C=O) groups excluding carboxylic acids is 1. The smallest absolute Gasteiger partial charge is 0.262 e. The number of amides is 1. The zero-order chi connectivity index (χ0) is 21.4. The van der Waals surface area contributed by atoms with E-state index in [1.54, 1.807) is 36.2 Å².